The van der Waals surface area contributed by atoms with Gasteiger partial charge in [-0.25, -0.2) is 4.98 Å². The van der Waals surface area contributed by atoms with Gasteiger partial charge in [-0.3, -0.25) is 10.1 Å². The Balaban J connectivity index is 1.58. The molecule has 0 saturated heterocycles. The molecule has 0 radical (unpaired) electrons. The average Bonchev–Trinajstić information content (AvgIpc) is 3.11. The highest BCUT2D eigenvalue weighted by Gasteiger charge is 2.12. The van der Waals surface area contributed by atoms with Crippen LogP contribution in [0.15, 0.2) is 66.7 Å². The van der Waals surface area contributed by atoms with Crippen molar-refractivity contribution in [1.82, 2.24) is 9.97 Å². The molecule has 0 unspecified atom stereocenters. The topological polar surface area (TPSA) is 81.1 Å². The molecule has 6 nitrogen and oxygen atoms in total. The van der Waals surface area contributed by atoms with E-state index in [1.807, 2.05) is 36.4 Å². The van der Waals surface area contributed by atoms with Gasteiger partial charge in [0.05, 0.1) is 21.0 Å². The van der Waals surface area contributed by atoms with Crippen LogP contribution < -0.4 is 4.74 Å². The standard InChI is InChI=1S/C20H14ClN3O3/c21-16-10-14(6-9-19(16)27-12-13-4-2-1-3-5-13)20-22-17-8-7-15(24(25)26)11-18(17)23-20/h1-11H,12H2,(H,22,23). The number of nitrogens with one attached hydrogen (secondary N) is 1. The molecule has 7 heteroatoms. The van der Waals surface area contributed by atoms with E-state index in [-0.39, 0.29) is 5.69 Å². The van der Waals surface area contributed by atoms with E-state index in [4.69, 9.17) is 16.3 Å². The lowest BCUT2D eigenvalue weighted by atomic mass is 10.2. The smallest absolute Gasteiger partial charge is 0.271 e. The molecule has 0 atom stereocenters. The lowest BCUT2D eigenvalue weighted by molar-refractivity contribution is -0.384. The summed E-state index contributed by atoms with van der Waals surface area (Å²) < 4.78 is 5.78. The van der Waals surface area contributed by atoms with E-state index >= 15 is 0 Å². The minimum absolute atomic E-state index is 0.0143. The SMILES string of the molecule is O=[N+]([O-])c1ccc2nc(-c3ccc(OCc4ccccc4)c(Cl)c3)[nH]c2c1. The van der Waals surface area contributed by atoms with Crippen molar-refractivity contribution in [1.29, 1.82) is 0 Å². The average molecular weight is 380 g/mol. The van der Waals surface area contributed by atoms with Gasteiger partial charge in [-0.05, 0) is 29.8 Å². The van der Waals surface area contributed by atoms with Crippen molar-refractivity contribution in [3.05, 3.63) is 87.4 Å². The first kappa shape index (κ1) is 17.1. The molecule has 0 spiro atoms. The zero-order valence-corrected chi connectivity index (χ0v) is 14.8. The van der Waals surface area contributed by atoms with Gasteiger partial charge in [0.15, 0.2) is 0 Å². The molecule has 0 amide bonds. The zero-order valence-electron chi connectivity index (χ0n) is 14.1. The fraction of sp³-hybridized carbons (Fsp3) is 0.0500. The van der Waals surface area contributed by atoms with Crippen molar-refractivity contribution in [3.63, 3.8) is 0 Å². The Morgan fingerprint density at radius 3 is 2.63 bits per heavy atom. The fourth-order valence-corrected chi connectivity index (χ4v) is 2.98. The monoisotopic (exact) mass is 379 g/mol. The predicted molar refractivity (Wildman–Crippen MR) is 104 cm³/mol. The van der Waals surface area contributed by atoms with E-state index < -0.39 is 4.92 Å². The highest BCUT2D eigenvalue weighted by Crippen LogP contribution is 2.31. The maximum atomic E-state index is 10.9. The fourth-order valence-electron chi connectivity index (χ4n) is 2.75. The van der Waals surface area contributed by atoms with Crippen LogP contribution in [0.3, 0.4) is 0 Å². The summed E-state index contributed by atoms with van der Waals surface area (Å²) in [5, 5.41) is 11.4. The Morgan fingerprint density at radius 2 is 1.89 bits per heavy atom. The minimum Gasteiger partial charge on any atom is -0.487 e. The summed E-state index contributed by atoms with van der Waals surface area (Å²) in [6, 6.07) is 19.7. The number of benzene rings is 3. The van der Waals surface area contributed by atoms with Crippen LogP contribution in [0.1, 0.15) is 5.56 Å². The number of fused-ring (bicyclic) bond motifs is 1. The molecule has 1 N–H and O–H groups in total. The molecule has 0 bridgehead atoms. The number of nitrogens with zero attached hydrogens (tertiary/aromatic N) is 2. The molecule has 4 rings (SSSR count). The number of non-ortho nitro benzene ring substituents is 1. The van der Waals surface area contributed by atoms with Gasteiger partial charge in [-0.2, -0.15) is 0 Å². The Labute approximate surface area is 159 Å². The van der Waals surface area contributed by atoms with Crippen LogP contribution in [0.2, 0.25) is 5.02 Å². The van der Waals surface area contributed by atoms with Crippen molar-refractivity contribution in [2.75, 3.05) is 0 Å². The van der Waals surface area contributed by atoms with Crippen molar-refractivity contribution in [2.24, 2.45) is 0 Å². The number of aromatic amines is 1. The van der Waals surface area contributed by atoms with Gasteiger partial charge in [-0.1, -0.05) is 41.9 Å². The Bertz CT molecular complexity index is 1130. The minimum atomic E-state index is -0.435. The molecule has 0 aliphatic carbocycles. The lowest BCUT2D eigenvalue weighted by Gasteiger charge is -2.09. The molecule has 0 fully saturated rings. The number of hydrogen-bond donors (Lipinski definition) is 1. The largest absolute Gasteiger partial charge is 0.487 e. The maximum absolute atomic E-state index is 10.9. The van der Waals surface area contributed by atoms with Crippen LogP contribution in [0.4, 0.5) is 5.69 Å². The molecule has 3 aromatic carbocycles. The van der Waals surface area contributed by atoms with Crippen molar-refractivity contribution in [2.45, 2.75) is 6.61 Å². The van der Waals surface area contributed by atoms with Crippen LogP contribution in [0.25, 0.3) is 22.4 Å². The Hall–Kier alpha value is -3.38. The first-order valence-electron chi connectivity index (χ1n) is 8.21. The second kappa shape index (κ2) is 7.09. The maximum Gasteiger partial charge on any atom is 0.271 e. The molecular weight excluding hydrogens is 366 g/mol. The van der Waals surface area contributed by atoms with E-state index in [2.05, 4.69) is 9.97 Å². The molecule has 1 aromatic heterocycles. The first-order chi connectivity index (χ1) is 13.1. The van der Waals surface area contributed by atoms with Crippen LogP contribution in [-0.2, 0) is 6.61 Å². The molecule has 1 heterocycles. The van der Waals surface area contributed by atoms with Gasteiger partial charge < -0.3 is 9.72 Å². The molecule has 4 aromatic rings. The summed E-state index contributed by atoms with van der Waals surface area (Å²) in [7, 11) is 0. The lowest BCUT2D eigenvalue weighted by Crippen LogP contribution is -1.95. The Kier molecular flexibility index (Phi) is 4.48. The summed E-state index contributed by atoms with van der Waals surface area (Å²) >= 11 is 6.36. The van der Waals surface area contributed by atoms with Crippen molar-refractivity contribution in [3.8, 4) is 17.1 Å². The van der Waals surface area contributed by atoms with Crippen molar-refractivity contribution >= 4 is 28.3 Å². The zero-order chi connectivity index (χ0) is 18.8. The van der Waals surface area contributed by atoms with E-state index in [1.165, 1.54) is 12.1 Å². The van der Waals surface area contributed by atoms with Gasteiger partial charge in [-0.15, -0.1) is 0 Å². The summed E-state index contributed by atoms with van der Waals surface area (Å²) in [5.41, 5.74) is 3.08. The third-order valence-electron chi connectivity index (χ3n) is 4.12. The van der Waals surface area contributed by atoms with Crippen LogP contribution in [0, 0.1) is 10.1 Å². The number of ether oxygens (including phenoxy) is 1. The van der Waals surface area contributed by atoms with Crippen LogP contribution in [0.5, 0.6) is 5.75 Å². The summed E-state index contributed by atoms with van der Waals surface area (Å²) in [6.45, 7) is 0.425. The molecule has 134 valence electrons. The number of hydrogen-bond acceptors (Lipinski definition) is 4. The van der Waals surface area contributed by atoms with Crippen molar-refractivity contribution < 1.29 is 9.66 Å². The second-order valence-electron chi connectivity index (χ2n) is 5.96. The highest BCUT2D eigenvalue weighted by molar-refractivity contribution is 6.32. The number of H-pyrrole nitrogens is 1. The second-order valence-corrected chi connectivity index (χ2v) is 6.37. The summed E-state index contributed by atoms with van der Waals surface area (Å²) in [5.74, 6) is 1.16. The third kappa shape index (κ3) is 3.61. The normalized spacial score (nSPS) is 10.9. The number of nitro groups is 1. The highest BCUT2D eigenvalue weighted by atomic mass is 35.5. The van der Waals surface area contributed by atoms with E-state index in [1.54, 1.807) is 18.2 Å². The van der Waals surface area contributed by atoms with E-state index in [0.29, 0.717) is 34.2 Å². The predicted octanol–water partition coefficient (Wildman–Crippen LogP) is 5.37. The van der Waals surface area contributed by atoms with Crippen LogP contribution in [-0.4, -0.2) is 14.9 Å². The third-order valence-corrected chi connectivity index (χ3v) is 4.41. The molecule has 0 aliphatic heterocycles. The van der Waals surface area contributed by atoms with Crippen LogP contribution >= 0.6 is 11.6 Å². The molecule has 0 aliphatic rings. The quantitative estimate of drug-likeness (QED) is 0.373. The van der Waals surface area contributed by atoms with Gasteiger partial charge in [0.25, 0.3) is 5.69 Å². The van der Waals surface area contributed by atoms with E-state index in [0.717, 1.165) is 11.1 Å². The summed E-state index contributed by atoms with van der Waals surface area (Å²) in [4.78, 5) is 18.0. The van der Waals surface area contributed by atoms with Gasteiger partial charge >= 0.3 is 0 Å². The number of nitro benzene ring substituents is 1. The number of halogens is 1. The number of aromatic nitrogens is 2. The molecular formula is C20H14ClN3O3. The van der Waals surface area contributed by atoms with Gasteiger partial charge in [0, 0.05) is 17.7 Å². The number of imidazole rings is 1. The molecule has 27 heavy (non-hydrogen) atoms. The number of rotatable bonds is 5. The molecule has 0 saturated carbocycles. The summed E-state index contributed by atoms with van der Waals surface area (Å²) in [6.07, 6.45) is 0. The Morgan fingerprint density at radius 1 is 1.07 bits per heavy atom. The van der Waals surface area contributed by atoms with Gasteiger partial charge in [0.1, 0.15) is 18.2 Å². The first-order valence-corrected chi connectivity index (χ1v) is 8.59. The van der Waals surface area contributed by atoms with Gasteiger partial charge in [0.2, 0.25) is 0 Å². The van der Waals surface area contributed by atoms with E-state index in [9.17, 15) is 10.1 Å².